The summed E-state index contributed by atoms with van der Waals surface area (Å²) in [7, 11) is 0. The molecule has 0 radical (unpaired) electrons. The highest BCUT2D eigenvalue weighted by atomic mass is 19.2. The van der Waals surface area contributed by atoms with Crippen molar-refractivity contribution < 1.29 is 51.0 Å². The van der Waals surface area contributed by atoms with Gasteiger partial charge in [-0.3, -0.25) is 14.4 Å². The molecule has 3 atom stereocenters. The second-order valence-corrected chi connectivity index (χ2v) is 9.43. The van der Waals surface area contributed by atoms with Gasteiger partial charge >= 0.3 is 6.09 Å². The molecule has 0 fully saturated rings. The van der Waals surface area contributed by atoms with E-state index in [9.17, 15) is 46.2 Å². The molecule has 0 bridgehead atoms. The van der Waals surface area contributed by atoms with Gasteiger partial charge in [-0.25, -0.2) is 26.7 Å². The molecule has 3 amide bonds. The minimum atomic E-state index is -2.42. The second kappa shape index (κ2) is 15.1. The lowest BCUT2D eigenvalue weighted by molar-refractivity contribution is -0.140. The number of aliphatic hydroxyl groups excluding tert-OH is 1. The first-order valence-corrected chi connectivity index (χ1v) is 12.6. The van der Waals surface area contributed by atoms with Gasteiger partial charge in [0, 0.05) is 6.54 Å². The van der Waals surface area contributed by atoms with Crippen LogP contribution in [0.1, 0.15) is 50.8 Å². The fourth-order valence-electron chi connectivity index (χ4n) is 3.69. The van der Waals surface area contributed by atoms with Crippen molar-refractivity contribution in [2.45, 2.75) is 58.4 Å². The molecule has 0 saturated carbocycles. The summed E-state index contributed by atoms with van der Waals surface area (Å²) in [5.41, 5.74) is -0.878. The highest BCUT2D eigenvalue weighted by Crippen LogP contribution is 2.27. The molecule has 0 spiro atoms. The number of carbonyl (C=O) groups excluding carboxylic acids is 4. The van der Waals surface area contributed by atoms with Crippen LogP contribution in [0.25, 0.3) is 0 Å². The Labute approximate surface area is 232 Å². The first-order valence-electron chi connectivity index (χ1n) is 12.6. The second-order valence-electron chi connectivity index (χ2n) is 9.43. The van der Waals surface area contributed by atoms with E-state index in [4.69, 9.17) is 4.74 Å². The Bertz CT molecular complexity index is 1230. The molecule has 9 nitrogen and oxygen atoms in total. The number of amides is 3. The third-order valence-electron chi connectivity index (χ3n) is 5.83. The third kappa shape index (κ3) is 8.96. The molecule has 2 aromatic rings. The zero-order chi connectivity index (χ0) is 30.9. The first-order chi connectivity index (χ1) is 19.3. The number of carbonyl (C=O) groups is 4. The Kier molecular flexibility index (Phi) is 12.2. The molecule has 0 saturated heterocycles. The number of aliphatic hydroxyl groups is 1. The van der Waals surface area contributed by atoms with Crippen molar-refractivity contribution in [3.05, 3.63) is 70.5 Å². The summed E-state index contributed by atoms with van der Waals surface area (Å²) >= 11 is 0. The van der Waals surface area contributed by atoms with Gasteiger partial charge in [0.25, 0.3) is 5.91 Å². The summed E-state index contributed by atoms with van der Waals surface area (Å²) in [4.78, 5) is 50.2. The van der Waals surface area contributed by atoms with Crippen molar-refractivity contribution in [2.24, 2.45) is 5.92 Å². The maximum atomic E-state index is 13.9. The average molecular weight is 588 g/mol. The molecule has 41 heavy (non-hydrogen) atoms. The van der Waals surface area contributed by atoms with Crippen LogP contribution in [-0.2, 0) is 25.7 Å². The number of hydrogen-bond donors (Lipinski definition) is 4. The lowest BCUT2D eigenvalue weighted by atomic mass is 10.0. The predicted octanol–water partition coefficient (Wildman–Crippen LogP) is 3.34. The Morgan fingerprint density at radius 2 is 1.41 bits per heavy atom. The van der Waals surface area contributed by atoms with E-state index in [1.54, 1.807) is 44.2 Å². The minimum absolute atomic E-state index is 0.0597. The van der Waals surface area contributed by atoms with E-state index in [0.717, 1.165) is 0 Å². The quantitative estimate of drug-likeness (QED) is 0.123. The van der Waals surface area contributed by atoms with Crippen LogP contribution >= 0.6 is 0 Å². The number of rotatable bonds is 13. The van der Waals surface area contributed by atoms with Crippen LogP contribution in [-0.4, -0.2) is 47.4 Å². The number of nitrogens with one attached hydrogen (secondary N) is 3. The molecule has 0 aliphatic rings. The number of halogens is 5. The highest BCUT2D eigenvalue weighted by molar-refractivity contribution is 6.38. The van der Waals surface area contributed by atoms with Gasteiger partial charge < -0.3 is 25.8 Å². The Hall–Kier alpha value is -4.07. The number of ether oxygens (including phenoxy) is 1. The van der Waals surface area contributed by atoms with E-state index in [1.165, 1.54) is 6.92 Å². The van der Waals surface area contributed by atoms with Crippen LogP contribution in [0.5, 0.6) is 0 Å². The van der Waals surface area contributed by atoms with E-state index in [0.29, 0.717) is 5.56 Å². The molecule has 0 heterocycles. The molecule has 0 aliphatic heterocycles. The van der Waals surface area contributed by atoms with Gasteiger partial charge in [0.2, 0.25) is 17.5 Å². The van der Waals surface area contributed by atoms with Crippen molar-refractivity contribution in [2.75, 3.05) is 6.54 Å². The molecule has 0 aliphatic carbocycles. The van der Waals surface area contributed by atoms with Crippen LogP contribution in [0.2, 0.25) is 0 Å². The molecule has 0 aromatic heterocycles. The van der Waals surface area contributed by atoms with E-state index in [2.05, 4.69) is 10.6 Å². The van der Waals surface area contributed by atoms with Crippen molar-refractivity contribution in [3.8, 4) is 0 Å². The largest absolute Gasteiger partial charge is 0.445 e. The van der Waals surface area contributed by atoms with E-state index >= 15 is 0 Å². The van der Waals surface area contributed by atoms with Gasteiger partial charge in [-0.2, -0.15) is 0 Å². The predicted molar refractivity (Wildman–Crippen MR) is 134 cm³/mol. The molecule has 3 unspecified atom stereocenters. The first kappa shape index (κ1) is 33.1. The Morgan fingerprint density at radius 1 is 0.854 bits per heavy atom. The SMILES string of the molecule is CCC(NC(=O)C(CC(C)C)NC(=O)OCc1ccccc1)C(=O)C(=O)NCC(O)c1c(F)c(F)c(F)c(F)c1F. The van der Waals surface area contributed by atoms with Crippen LogP contribution in [0.15, 0.2) is 30.3 Å². The molecule has 14 heteroatoms. The minimum Gasteiger partial charge on any atom is -0.445 e. The van der Waals surface area contributed by atoms with Gasteiger partial charge in [0.15, 0.2) is 23.3 Å². The normalized spacial score (nSPS) is 13.2. The standard InChI is InChI=1S/C27H30F5N3O6/c1-4-15(24(37)26(39)33-11-17(36)18-19(28)21(30)23(32)22(31)20(18)29)34-25(38)16(10-13(2)3)35-27(40)41-12-14-8-6-5-7-9-14/h5-9,13,15-17,36H,4,10-12H2,1-3H3,(H,33,39)(H,34,38)(H,35,40). The van der Waals surface area contributed by atoms with Gasteiger partial charge in [-0.05, 0) is 24.3 Å². The van der Waals surface area contributed by atoms with Crippen LogP contribution in [0.3, 0.4) is 0 Å². The number of hydrogen-bond acceptors (Lipinski definition) is 6. The smallest absolute Gasteiger partial charge is 0.408 e. The highest BCUT2D eigenvalue weighted by Gasteiger charge is 2.32. The number of Topliss-reactive ketones (excluding diaryl/α,β-unsaturated/α-hetero) is 1. The molecule has 2 aromatic carbocycles. The van der Waals surface area contributed by atoms with Gasteiger partial charge in [-0.1, -0.05) is 51.1 Å². The van der Waals surface area contributed by atoms with E-state index in [-0.39, 0.29) is 25.4 Å². The van der Waals surface area contributed by atoms with E-state index < -0.39 is 83.1 Å². The van der Waals surface area contributed by atoms with Crippen LogP contribution < -0.4 is 16.0 Å². The summed E-state index contributed by atoms with van der Waals surface area (Å²) in [6, 6.07) is 6.21. The Balaban J connectivity index is 2.02. The van der Waals surface area contributed by atoms with Crippen molar-refractivity contribution in [3.63, 3.8) is 0 Å². The monoisotopic (exact) mass is 587 g/mol. The zero-order valence-electron chi connectivity index (χ0n) is 22.4. The summed E-state index contributed by atoms with van der Waals surface area (Å²) in [5, 5.41) is 16.6. The van der Waals surface area contributed by atoms with Gasteiger partial charge in [0.05, 0.1) is 11.6 Å². The molecular formula is C27H30F5N3O6. The maximum absolute atomic E-state index is 13.9. The third-order valence-corrected chi connectivity index (χ3v) is 5.83. The topological polar surface area (TPSA) is 134 Å². The maximum Gasteiger partial charge on any atom is 0.408 e. The zero-order valence-corrected chi connectivity index (χ0v) is 22.4. The van der Waals surface area contributed by atoms with Crippen molar-refractivity contribution in [1.29, 1.82) is 0 Å². The number of ketones is 1. The lowest BCUT2D eigenvalue weighted by Gasteiger charge is -2.23. The van der Waals surface area contributed by atoms with E-state index in [1.807, 2.05) is 5.32 Å². The van der Waals surface area contributed by atoms with Crippen LogP contribution in [0, 0.1) is 35.0 Å². The number of benzene rings is 2. The number of alkyl carbamates (subject to hydrolysis) is 1. The fraction of sp³-hybridized carbons (Fsp3) is 0.407. The summed E-state index contributed by atoms with van der Waals surface area (Å²) in [6.45, 7) is 3.87. The van der Waals surface area contributed by atoms with Crippen LogP contribution in [0.4, 0.5) is 26.7 Å². The van der Waals surface area contributed by atoms with Gasteiger partial charge in [-0.15, -0.1) is 0 Å². The van der Waals surface area contributed by atoms with Gasteiger partial charge in [0.1, 0.15) is 18.8 Å². The summed E-state index contributed by atoms with van der Waals surface area (Å²) in [5.74, 6) is -15.1. The average Bonchev–Trinajstić information content (AvgIpc) is 2.95. The fourth-order valence-corrected chi connectivity index (χ4v) is 3.69. The molecule has 4 N–H and O–H groups in total. The summed E-state index contributed by atoms with van der Waals surface area (Å²) < 4.78 is 73.0. The Morgan fingerprint density at radius 3 is 1.95 bits per heavy atom. The molecular weight excluding hydrogens is 557 g/mol. The lowest BCUT2D eigenvalue weighted by Crippen LogP contribution is -2.54. The van der Waals surface area contributed by atoms with Crippen molar-refractivity contribution in [1.82, 2.24) is 16.0 Å². The molecule has 2 rings (SSSR count). The van der Waals surface area contributed by atoms with Crippen molar-refractivity contribution >= 4 is 23.7 Å². The summed E-state index contributed by atoms with van der Waals surface area (Å²) in [6.07, 6.45) is -3.23. The molecule has 224 valence electrons.